The van der Waals surface area contributed by atoms with E-state index in [1.54, 1.807) is 31.6 Å². The Morgan fingerprint density at radius 1 is 1.32 bits per heavy atom. The average molecular weight is 339 g/mol. The van der Waals surface area contributed by atoms with Gasteiger partial charge in [0.05, 0.1) is 16.5 Å². The number of nitrogens with zero attached hydrogens (tertiary/aromatic N) is 2. The number of carbonyl (C=O) groups excluding carboxylic acids is 1. The summed E-state index contributed by atoms with van der Waals surface area (Å²) in [5, 5.41) is 0.622. The first kappa shape index (κ1) is 14.0. The smallest absolute Gasteiger partial charge is 0.192 e. The normalized spacial score (nSPS) is 10.3. The number of hydrogen-bond donors (Lipinski definition) is 0. The molecule has 1 aromatic carbocycles. The highest BCUT2D eigenvalue weighted by atomic mass is 79.9. The molecule has 0 N–H and O–H groups in total. The van der Waals surface area contributed by atoms with Gasteiger partial charge in [-0.15, -0.1) is 0 Å². The van der Waals surface area contributed by atoms with Gasteiger partial charge in [0.2, 0.25) is 0 Å². The van der Waals surface area contributed by atoms with Crippen LogP contribution in [-0.2, 0) is 0 Å². The van der Waals surface area contributed by atoms with E-state index in [1.165, 1.54) is 18.7 Å². The number of hydrogen-bond acceptors (Lipinski definition) is 5. The van der Waals surface area contributed by atoms with Crippen molar-refractivity contribution >= 4 is 33.5 Å². The molecule has 0 saturated heterocycles. The highest BCUT2D eigenvalue weighted by molar-refractivity contribution is 9.10. The maximum atomic E-state index is 11.3. The van der Waals surface area contributed by atoms with Crippen molar-refractivity contribution in [2.24, 2.45) is 0 Å². The molecule has 2 rings (SSSR count). The molecule has 6 heteroatoms. The van der Waals surface area contributed by atoms with Crippen molar-refractivity contribution in [1.29, 1.82) is 0 Å². The van der Waals surface area contributed by atoms with Gasteiger partial charge in [-0.3, -0.25) is 4.79 Å². The monoisotopic (exact) mass is 338 g/mol. The molecule has 0 aliphatic rings. The SMILES string of the molecule is COc1cc(C(C)=O)ccc1Sc1ncc(Br)cn1. The lowest BCUT2D eigenvalue weighted by atomic mass is 10.1. The third kappa shape index (κ3) is 3.54. The molecule has 1 aromatic heterocycles. The second kappa shape index (κ2) is 6.16. The first-order chi connectivity index (χ1) is 9.10. The minimum Gasteiger partial charge on any atom is -0.496 e. The summed E-state index contributed by atoms with van der Waals surface area (Å²) < 4.78 is 6.12. The number of carbonyl (C=O) groups is 1. The summed E-state index contributed by atoms with van der Waals surface area (Å²) in [6.07, 6.45) is 3.37. The van der Waals surface area contributed by atoms with Crippen LogP contribution in [0.3, 0.4) is 0 Å². The number of Topliss-reactive ketones (excluding diaryl/α,β-unsaturated/α-hetero) is 1. The molecular formula is C13H11BrN2O2S. The Morgan fingerprint density at radius 3 is 2.58 bits per heavy atom. The fourth-order valence-corrected chi connectivity index (χ4v) is 2.41. The van der Waals surface area contributed by atoms with E-state index < -0.39 is 0 Å². The van der Waals surface area contributed by atoms with E-state index in [9.17, 15) is 4.79 Å². The van der Waals surface area contributed by atoms with E-state index in [2.05, 4.69) is 25.9 Å². The Hall–Kier alpha value is -1.40. The van der Waals surface area contributed by atoms with Crippen molar-refractivity contribution in [3.63, 3.8) is 0 Å². The summed E-state index contributed by atoms with van der Waals surface area (Å²) in [5.74, 6) is 0.652. The lowest BCUT2D eigenvalue weighted by molar-refractivity contribution is 0.101. The predicted octanol–water partition coefficient (Wildman–Crippen LogP) is 3.60. The summed E-state index contributed by atoms with van der Waals surface area (Å²) in [4.78, 5) is 20.6. The topological polar surface area (TPSA) is 52.1 Å². The highest BCUT2D eigenvalue weighted by Gasteiger charge is 2.10. The fourth-order valence-electron chi connectivity index (χ4n) is 1.42. The van der Waals surface area contributed by atoms with E-state index in [-0.39, 0.29) is 5.78 Å². The molecule has 0 saturated carbocycles. The number of aromatic nitrogens is 2. The predicted molar refractivity (Wildman–Crippen MR) is 76.9 cm³/mol. The van der Waals surface area contributed by atoms with Crippen LogP contribution < -0.4 is 4.74 Å². The van der Waals surface area contributed by atoms with E-state index in [0.717, 1.165) is 9.37 Å². The molecule has 0 unspecified atom stereocenters. The van der Waals surface area contributed by atoms with Crippen molar-refractivity contribution in [3.05, 3.63) is 40.6 Å². The Balaban J connectivity index is 2.29. The van der Waals surface area contributed by atoms with Gasteiger partial charge in [-0.1, -0.05) is 6.07 Å². The zero-order valence-electron chi connectivity index (χ0n) is 10.4. The summed E-state index contributed by atoms with van der Waals surface area (Å²) >= 11 is 4.68. The van der Waals surface area contributed by atoms with E-state index in [0.29, 0.717) is 16.5 Å². The van der Waals surface area contributed by atoms with Crippen molar-refractivity contribution in [2.45, 2.75) is 17.0 Å². The maximum absolute atomic E-state index is 11.3. The average Bonchev–Trinajstić information content (AvgIpc) is 2.41. The Morgan fingerprint density at radius 2 is 2.00 bits per heavy atom. The van der Waals surface area contributed by atoms with Gasteiger partial charge in [0, 0.05) is 18.0 Å². The molecule has 0 radical (unpaired) electrons. The van der Waals surface area contributed by atoms with Crippen LogP contribution in [0.4, 0.5) is 0 Å². The van der Waals surface area contributed by atoms with Crippen LogP contribution in [-0.4, -0.2) is 22.9 Å². The van der Waals surface area contributed by atoms with Crippen molar-refractivity contribution in [3.8, 4) is 5.75 Å². The van der Waals surface area contributed by atoms with Gasteiger partial charge in [0.15, 0.2) is 10.9 Å². The molecule has 0 bridgehead atoms. The summed E-state index contributed by atoms with van der Waals surface area (Å²) in [5.41, 5.74) is 0.623. The van der Waals surface area contributed by atoms with Crippen LogP contribution in [0.2, 0.25) is 0 Å². The quantitative estimate of drug-likeness (QED) is 0.629. The molecule has 0 spiro atoms. The summed E-state index contributed by atoms with van der Waals surface area (Å²) in [7, 11) is 1.58. The highest BCUT2D eigenvalue weighted by Crippen LogP contribution is 2.33. The Labute approximate surface area is 123 Å². The number of ether oxygens (including phenoxy) is 1. The second-order valence-electron chi connectivity index (χ2n) is 3.71. The minimum absolute atomic E-state index is 0.00902. The summed E-state index contributed by atoms with van der Waals surface area (Å²) in [6, 6.07) is 5.33. The largest absolute Gasteiger partial charge is 0.496 e. The molecule has 0 fully saturated rings. The molecule has 2 aromatic rings. The number of benzene rings is 1. The molecule has 98 valence electrons. The Kier molecular flexibility index (Phi) is 4.55. The second-order valence-corrected chi connectivity index (χ2v) is 5.63. The minimum atomic E-state index is 0.00902. The maximum Gasteiger partial charge on any atom is 0.192 e. The van der Waals surface area contributed by atoms with Crippen LogP contribution in [0.25, 0.3) is 0 Å². The zero-order valence-corrected chi connectivity index (χ0v) is 12.8. The molecular weight excluding hydrogens is 328 g/mol. The molecule has 0 aliphatic carbocycles. The lowest BCUT2D eigenvalue weighted by Crippen LogP contribution is -1.95. The molecule has 0 aliphatic heterocycles. The van der Waals surface area contributed by atoms with E-state index in [1.807, 2.05) is 6.07 Å². The molecule has 0 amide bonds. The van der Waals surface area contributed by atoms with Crippen LogP contribution in [0.5, 0.6) is 5.75 Å². The van der Waals surface area contributed by atoms with Gasteiger partial charge in [0.25, 0.3) is 0 Å². The number of ketones is 1. The van der Waals surface area contributed by atoms with Crippen LogP contribution in [0.15, 0.2) is 45.1 Å². The third-order valence-corrected chi connectivity index (χ3v) is 3.73. The molecule has 1 heterocycles. The molecule has 19 heavy (non-hydrogen) atoms. The van der Waals surface area contributed by atoms with Crippen molar-refractivity contribution in [1.82, 2.24) is 9.97 Å². The first-order valence-electron chi connectivity index (χ1n) is 5.44. The van der Waals surface area contributed by atoms with Gasteiger partial charge >= 0.3 is 0 Å². The van der Waals surface area contributed by atoms with Gasteiger partial charge in [0.1, 0.15) is 5.75 Å². The molecule has 0 atom stereocenters. The van der Waals surface area contributed by atoms with Crippen molar-refractivity contribution in [2.75, 3.05) is 7.11 Å². The van der Waals surface area contributed by atoms with Crippen LogP contribution in [0, 0.1) is 0 Å². The number of methoxy groups -OCH3 is 1. The van der Waals surface area contributed by atoms with Crippen LogP contribution in [0.1, 0.15) is 17.3 Å². The van der Waals surface area contributed by atoms with Gasteiger partial charge in [-0.05, 0) is 46.7 Å². The lowest BCUT2D eigenvalue weighted by Gasteiger charge is -2.08. The van der Waals surface area contributed by atoms with Gasteiger partial charge < -0.3 is 4.74 Å². The summed E-state index contributed by atoms with van der Waals surface area (Å²) in [6.45, 7) is 1.53. The standard InChI is InChI=1S/C13H11BrN2O2S/c1-8(17)9-3-4-12(11(5-9)18-2)19-13-15-6-10(14)7-16-13/h3-7H,1-2H3. The fraction of sp³-hybridized carbons (Fsp3) is 0.154. The van der Waals surface area contributed by atoms with Crippen LogP contribution >= 0.6 is 27.7 Å². The molecule has 4 nitrogen and oxygen atoms in total. The first-order valence-corrected chi connectivity index (χ1v) is 7.05. The van der Waals surface area contributed by atoms with Gasteiger partial charge in [-0.2, -0.15) is 0 Å². The Bertz CT molecular complexity index is 602. The van der Waals surface area contributed by atoms with E-state index >= 15 is 0 Å². The third-order valence-electron chi connectivity index (χ3n) is 2.37. The number of rotatable bonds is 4. The number of halogens is 1. The van der Waals surface area contributed by atoms with Gasteiger partial charge in [-0.25, -0.2) is 9.97 Å². The zero-order chi connectivity index (χ0) is 13.8. The van der Waals surface area contributed by atoms with E-state index in [4.69, 9.17) is 4.74 Å². The van der Waals surface area contributed by atoms with Crippen molar-refractivity contribution < 1.29 is 9.53 Å².